The molecule has 10 heteroatoms. The van der Waals surface area contributed by atoms with Crippen molar-refractivity contribution in [1.82, 2.24) is 4.98 Å². The SMILES string of the molecule is CCC(CC)(CN)C(=O)Nc1ccc(Oc2cccc(C(F)(F)F)n2)cc1.Cl.Cl. The van der Waals surface area contributed by atoms with Crippen molar-refractivity contribution in [1.29, 1.82) is 0 Å². The third kappa shape index (κ3) is 6.76. The highest BCUT2D eigenvalue weighted by atomic mass is 35.5. The third-order valence-electron chi connectivity index (χ3n) is 4.57. The van der Waals surface area contributed by atoms with Crippen molar-refractivity contribution in [3.8, 4) is 11.6 Å². The van der Waals surface area contributed by atoms with Gasteiger partial charge in [-0.25, -0.2) is 4.98 Å². The van der Waals surface area contributed by atoms with E-state index >= 15 is 0 Å². The minimum absolute atomic E-state index is 0. The van der Waals surface area contributed by atoms with Crippen LogP contribution in [0.5, 0.6) is 11.6 Å². The van der Waals surface area contributed by atoms with Gasteiger partial charge in [-0.15, -0.1) is 24.8 Å². The number of aromatic nitrogens is 1. The first-order valence-electron chi connectivity index (χ1n) is 8.58. The maximum absolute atomic E-state index is 12.7. The Labute approximate surface area is 180 Å². The van der Waals surface area contributed by atoms with Gasteiger partial charge in [0.25, 0.3) is 0 Å². The number of amides is 1. The number of carbonyl (C=O) groups is 1. The highest BCUT2D eigenvalue weighted by molar-refractivity contribution is 5.95. The second-order valence-electron chi connectivity index (χ2n) is 6.13. The van der Waals surface area contributed by atoms with Crippen molar-refractivity contribution in [3.05, 3.63) is 48.2 Å². The van der Waals surface area contributed by atoms with Gasteiger partial charge < -0.3 is 15.8 Å². The summed E-state index contributed by atoms with van der Waals surface area (Å²) in [5, 5.41) is 2.82. The van der Waals surface area contributed by atoms with E-state index < -0.39 is 17.3 Å². The van der Waals surface area contributed by atoms with Gasteiger partial charge in [0.15, 0.2) is 0 Å². The van der Waals surface area contributed by atoms with Crippen LogP contribution in [0.1, 0.15) is 32.4 Å². The summed E-state index contributed by atoms with van der Waals surface area (Å²) in [6.07, 6.45) is -3.30. The fourth-order valence-corrected chi connectivity index (χ4v) is 2.57. The van der Waals surface area contributed by atoms with E-state index in [1.807, 2.05) is 13.8 Å². The lowest BCUT2D eigenvalue weighted by Crippen LogP contribution is -2.41. The standard InChI is InChI=1S/C19H22F3N3O2.2ClH/c1-3-18(4-2,12-23)17(26)24-13-8-10-14(11-9-13)27-16-7-5-6-15(25-16)19(20,21)22;;/h5-11H,3-4,12,23H2,1-2H3,(H,24,26);2*1H. The molecule has 162 valence electrons. The van der Waals surface area contributed by atoms with Crippen LogP contribution in [0, 0.1) is 5.41 Å². The van der Waals surface area contributed by atoms with E-state index in [1.54, 1.807) is 24.3 Å². The molecule has 3 N–H and O–H groups in total. The monoisotopic (exact) mass is 453 g/mol. The first kappa shape index (κ1) is 27.0. The lowest BCUT2D eigenvalue weighted by atomic mass is 9.81. The van der Waals surface area contributed by atoms with E-state index in [-0.39, 0.29) is 43.1 Å². The number of pyridine rings is 1. The van der Waals surface area contributed by atoms with Gasteiger partial charge in [0.2, 0.25) is 11.8 Å². The number of nitrogens with one attached hydrogen (secondary N) is 1. The number of hydrogen-bond donors (Lipinski definition) is 2. The Morgan fingerprint density at radius 3 is 2.14 bits per heavy atom. The fourth-order valence-electron chi connectivity index (χ4n) is 2.57. The summed E-state index contributed by atoms with van der Waals surface area (Å²) in [5.41, 5.74) is 4.66. The van der Waals surface area contributed by atoms with E-state index in [0.29, 0.717) is 24.3 Å². The van der Waals surface area contributed by atoms with Crippen molar-refractivity contribution >= 4 is 36.4 Å². The van der Waals surface area contributed by atoms with Crippen LogP contribution in [0.3, 0.4) is 0 Å². The van der Waals surface area contributed by atoms with Crippen molar-refractivity contribution in [3.63, 3.8) is 0 Å². The zero-order valence-corrected chi connectivity index (χ0v) is 17.6. The van der Waals surface area contributed by atoms with Gasteiger partial charge in [0.05, 0.1) is 5.41 Å². The number of hydrogen-bond acceptors (Lipinski definition) is 4. The first-order chi connectivity index (χ1) is 12.7. The number of rotatable bonds is 7. The van der Waals surface area contributed by atoms with Crippen molar-refractivity contribution in [2.75, 3.05) is 11.9 Å². The number of alkyl halides is 3. The Kier molecular flexibility index (Phi) is 10.4. The largest absolute Gasteiger partial charge is 0.439 e. The molecule has 5 nitrogen and oxygen atoms in total. The van der Waals surface area contributed by atoms with E-state index in [1.165, 1.54) is 12.1 Å². The number of halogens is 5. The number of benzene rings is 1. The summed E-state index contributed by atoms with van der Waals surface area (Å²) >= 11 is 0. The summed E-state index contributed by atoms with van der Waals surface area (Å²) < 4.78 is 43.5. The van der Waals surface area contributed by atoms with Crippen LogP contribution in [-0.4, -0.2) is 17.4 Å². The van der Waals surface area contributed by atoms with Crippen LogP contribution in [0.15, 0.2) is 42.5 Å². The zero-order valence-electron chi connectivity index (χ0n) is 16.0. The number of nitrogens with zero attached hydrogens (tertiary/aromatic N) is 1. The lowest BCUT2D eigenvalue weighted by Gasteiger charge is -2.28. The minimum Gasteiger partial charge on any atom is -0.439 e. The molecule has 29 heavy (non-hydrogen) atoms. The average molecular weight is 454 g/mol. The molecule has 2 rings (SSSR count). The van der Waals surface area contributed by atoms with Crippen LogP contribution in [0.2, 0.25) is 0 Å². The predicted octanol–water partition coefficient (Wildman–Crippen LogP) is 5.44. The molecule has 1 aromatic carbocycles. The number of anilines is 1. The second kappa shape index (κ2) is 11.2. The number of ether oxygens (including phenoxy) is 1. The molecule has 0 aliphatic rings. The van der Waals surface area contributed by atoms with Gasteiger partial charge in [-0.2, -0.15) is 13.2 Å². The van der Waals surface area contributed by atoms with Crippen LogP contribution in [-0.2, 0) is 11.0 Å². The maximum Gasteiger partial charge on any atom is 0.433 e. The Bertz CT molecular complexity index is 775. The lowest BCUT2D eigenvalue weighted by molar-refractivity contribution is -0.141. The molecule has 0 atom stereocenters. The minimum atomic E-state index is -4.54. The molecular formula is C19H24Cl2F3N3O2. The molecule has 0 aliphatic carbocycles. The van der Waals surface area contributed by atoms with Crippen LogP contribution in [0.25, 0.3) is 0 Å². The highest BCUT2D eigenvalue weighted by Crippen LogP contribution is 2.30. The molecule has 0 aliphatic heterocycles. The van der Waals surface area contributed by atoms with Crippen molar-refractivity contribution in [2.24, 2.45) is 11.1 Å². The number of carbonyl (C=O) groups excluding carboxylic acids is 1. The van der Waals surface area contributed by atoms with Crippen LogP contribution in [0.4, 0.5) is 18.9 Å². The van der Waals surface area contributed by atoms with E-state index in [9.17, 15) is 18.0 Å². The zero-order chi connectivity index (χ0) is 20.1. The molecule has 0 bridgehead atoms. The summed E-state index contributed by atoms with van der Waals surface area (Å²) in [5.74, 6) is -0.0279. The topological polar surface area (TPSA) is 77.2 Å². The van der Waals surface area contributed by atoms with E-state index in [4.69, 9.17) is 10.5 Å². The molecule has 1 amide bonds. The summed E-state index contributed by atoms with van der Waals surface area (Å²) in [6, 6.07) is 9.72. The molecular weight excluding hydrogens is 430 g/mol. The first-order valence-corrected chi connectivity index (χ1v) is 8.58. The Balaban J connectivity index is 0.00000392. The normalized spacial score (nSPS) is 11.1. The van der Waals surface area contributed by atoms with Gasteiger partial charge in [-0.1, -0.05) is 19.9 Å². The van der Waals surface area contributed by atoms with Crippen LogP contribution < -0.4 is 15.8 Å². The quantitative estimate of drug-likeness (QED) is 0.584. The van der Waals surface area contributed by atoms with Gasteiger partial charge in [0, 0.05) is 18.3 Å². The maximum atomic E-state index is 12.7. The molecule has 2 aromatic rings. The Hall–Kier alpha value is -2.03. The van der Waals surface area contributed by atoms with Gasteiger partial charge in [-0.05, 0) is 43.2 Å². The second-order valence-corrected chi connectivity index (χ2v) is 6.13. The van der Waals surface area contributed by atoms with Gasteiger partial charge in [-0.3, -0.25) is 4.79 Å². The summed E-state index contributed by atoms with van der Waals surface area (Å²) in [7, 11) is 0. The average Bonchev–Trinajstić information content (AvgIpc) is 2.65. The molecule has 1 aromatic heterocycles. The molecule has 0 saturated heterocycles. The molecule has 0 unspecified atom stereocenters. The van der Waals surface area contributed by atoms with Crippen molar-refractivity contribution < 1.29 is 22.7 Å². The van der Waals surface area contributed by atoms with Crippen LogP contribution >= 0.6 is 24.8 Å². The number of nitrogens with two attached hydrogens (primary N) is 1. The fraction of sp³-hybridized carbons (Fsp3) is 0.368. The van der Waals surface area contributed by atoms with E-state index in [2.05, 4.69) is 10.3 Å². The molecule has 0 spiro atoms. The summed E-state index contributed by atoms with van der Waals surface area (Å²) in [6.45, 7) is 4.07. The van der Waals surface area contributed by atoms with Crippen molar-refractivity contribution in [2.45, 2.75) is 32.9 Å². The smallest absolute Gasteiger partial charge is 0.433 e. The van der Waals surface area contributed by atoms with Gasteiger partial charge >= 0.3 is 6.18 Å². The predicted molar refractivity (Wildman–Crippen MR) is 111 cm³/mol. The van der Waals surface area contributed by atoms with E-state index in [0.717, 1.165) is 6.07 Å². The highest BCUT2D eigenvalue weighted by Gasteiger charge is 2.33. The third-order valence-corrected chi connectivity index (χ3v) is 4.57. The molecule has 0 fully saturated rings. The van der Waals surface area contributed by atoms with Gasteiger partial charge in [0.1, 0.15) is 11.4 Å². The summed E-state index contributed by atoms with van der Waals surface area (Å²) in [4.78, 5) is 15.9. The molecule has 0 saturated carbocycles. The molecule has 1 heterocycles. The Morgan fingerprint density at radius 1 is 1.07 bits per heavy atom. The Morgan fingerprint density at radius 2 is 1.66 bits per heavy atom. The molecule has 0 radical (unpaired) electrons.